The van der Waals surface area contributed by atoms with E-state index in [1.807, 2.05) is 42.5 Å². The molecule has 0 aliphatic heterocycles. The number of anilines is 1. The number of hydrogen-bond donors (Lipinski definition) is 1. The van der Waals surface area contributed by atoms with Gasteiger partial charge in [-0.1, -0.05) is 113 Å². The van der Waals surface area contributed by atoms with Gasteiger partial charge < -0.3 is 15.4 Å². The summed E-state index contributed by atoms with van der Waals surface area (Å²) in [6, 6.07) is 35.4. The summed E-state index contributed by atoms with van der Waals surface area (Å²) in [5, 5.41) is 0. The number of hydrogen-bond acceptors (Lipinski definition) is 2. The third kappa shape index (κ3) is 7.51. The molecule has 0 saturated carbocycles. The minimum Gasteiger partial charge on any atom is -0.487 e. The average molecular weight is 520 g/mol. The van der Waals surface area contributed by atoms with Crippen LogP contribution in [0.25, 0.3) is 0 Å². The van der Waals surface area contributed by atoms with Crippen molar-refractivity contribution in [3.05, 3.63) is 125 Å². The van der Waals surface area contributed by atoms with Gasteiger partial charge in [-0.2, -0.15) is 0 Å². The molecule has 0 aliphatic rings. The number of nitrogens with two attached hydrogens (primary N) is 1. The van der Waals surface area contributed by atoms with Gasteiger partial charge >= 0.3 is 0 Å². The average Bonchev–Trinajstić information content (AvgIpc) is 2.95. The zero-order chi connectivity index (χ0) is 27.8. The lowest BCUT2D eigenvalue weighted by Crippen LogP contribution is -2.36. The molecular weight excluding hydrogens is 478 g/mol. The second-order valence-electron chi connectivity index (χ2n) is 11.1. The van der Waals surface area contributed by atoms with Gasteiger partial charge in [-0.25, -0.2) is 4.99 Å². The largest absolute Gasteiger partial charge is 0.487 e. The van der Waals surface area contributed by atoms with Crippen molar-refractivity contribution in [2.24, 2.45) is 10.7 Å². The van der Waals surface area contributed by atoms with E-state index in [1.165, 1.54) is 16.7 Å². The molecule has 4 aromatic rings. The lowest BCUT2D eigenvalue weighted by Gasteiger charge is -2.25. The predicted octanol–water partition coefficient (Wildman–Crippen LogP) is 8.73. The molecule has 4 nitrogen and oxygen atoms in total. The Labute approximate surface area is 234 Å². The van der Waals surface area contributed by atoms with E-state index >= 15 is 0 Å². The van der Waals surface area contributed by atoms with Crippen molar-refractivity contribution >= 4 is 17.3 Å². The number of guanidine groups is 1. The van der Waals surface area contributed by atoms with Crippen molar-refractivity contribution in [1.82, 2.24) is 0 Å². The van der Waals surface area contributed by atoms with Crippen molar-refractivity contribution in [3.63, 3.8) is 0 Å². The van der Waals surface area contributed by atoms with Crippen LogP contribution in [0.3, 0.4) is 0 Å². The molecule has 4 aromatic carbocycles. The molecule has 0 spiro atoms. The van der Waals surface area contributed by atoms with Gasteiger partial charge in [0.1, 0.15) is 18.0 Å². The van der Waals surface area contributed by atoms with Gasteiger partial charge in [0, 0.05) is 5.69 Å². The first kappa shape index (κ1) is 28.0. The third-order valence-corrected chi connectivity index (χ3v) is 7.16. The molecule has 0 aromatic heterocycles. The lowest BCUT2D eigenvalue weighted by atomic mass is 9.87. The highest BCUT2D eigenvalue weighted by molar-refractivity contribution is 5.96. The molecule has 1 unspecified atom stereocenters. The molecule has 1 atom stereocenters. The van der Waals surface area contributed by atoms with Gasteiger partial charge in [0.2, 0.25) is 5.96 Å². The number of nitrogens with zero attached hydrogens (tertiary/aromatic N) is 2. The Morgan fingerprint density at radius 2 is 1.46 bits per heavy atom. The Hall–Kier alpha value is -4.05. The normalized spacial score (nSPS) is 12.7. The predicted molar refractivity (Wildman–Crippen MR) is 165 cm³/mol. The highest BCUT2D eigenvalue weighted by Crippen LogP contribution is 2.30. The summed E-state index contributed by atoms with van der Waals surface area (Å²) in [5.41, 5.74) is 13.5. The van der Waals surface area contributed by atoms with Crippen molar-refractivity contribution in [1.29, 1.82) is 0 Å². The van der Waals surface area contributed by atoms with E-state index in [0.717, 1.165) is 17.7 Å². The molecule has 202 valence electrons. The monoisotopic (exact) mass is 519 g/mol. The molecular formula is C35H41N3O. The topological polar surface area (TPSA) is 50.8 Å². The fourth-order valence-electron chi connectivity index (χ4n) is 4.41. The Bertz CT molecular complexity index is 1350. The van der Waals surface area contributed by atoms with Crippen LogP contribution in [0.2, 0.25) is 0 Å². The number of aliphatic imine (C=N–C) groups is 1. The molecule has 0 heterocycles. The van der Waals surface area contributed by atoms with Gasteiger partial charge in [-0.05, 0) is 64.3 Å². The third-order valence-electron chi connectivity index (χ3n) is 7.16. The molecule has 4 rings (SSSR count). The smallest absolute Gasteiger partial charge is 0.201 e. The van der Waals surface area contributed by atoms with Gasteiger partial charge in [-0.15, -0.1) is 0 Å². The molecule has 0 saturated heterocycles. The molecule has 0 aliphatic carbocycles. The zero-order valence-corrected chi connectivity index (χ0v) is 23.9. The van der Waals surface area contributed by atoms with Crippen molar-refractivity contribution in [3.8, 4) is 5.75 Å². The van der Waals surface area contributed by atoms with Gasteiger partial charge in [0.25, 0.3) is 0 Å². The maximum atomic E-state index is 6.75. The van der Waals surface area contributed by atoms with Gasteiger partial charge in [-0.3, -0.25) is 0 Å². The van der Waals surface area contributed by atoms with Crippen LogP contribution in [-0.2, 0) is 18.6 Å². The Morgan fingerprint density at radius 1 is 0.821 bits per heavy atom. The summed E-state index contributed by atoms with van der Waals surface area (Å²) in [6.07, 6.45) is 1.10. The number of ether oxygens (including phenoxy) is 1. The number of benzene rings is 4. The Balaban J connectivity index is 1.64. The summed E-state index contributed by atoms with van der Waals surface area (Å²) >= 11 is 0. The van der Waals surface area contributed by atoms with E-state index in [2.05, 4.69) is 100 Å². The fraction of sp³-hybridized carbons (Fsp3) is 0.286. The van der Waals surface area contributed by atoms with Crippen LogP contribution >= 0.6 is 0 Å². The van der Waals surface area contributed by atoms with E-state index < -0.39 is 0 Å². The van der Waals surface area contributed by atoms with E-state index in [-0.39, 0.29) is 5.41 Å². The highest BCUT2D eigenvalue weighted by atomic mass is 16.5. The van der Waals surface area contributed by atoms with Crippen LogP contribution in [0.5, 0.6) is 5.75 Å². The fourth-order valence-corrected chi connectivity index (χ4v) is 4.41. The molecule has 0 amide bonds. The number of rotatable bonds is 9. The maximum absolute atomic E-state index is 6.75. The maximum Gasteiger partial charge on any atom is 0.201 e. The first-order chi connectivity index (χ1) is 18.7. The molecule has 0 bridgehead atoms. The molecule has 0 radical (unpaired) electrons. The molecule has 4 heteroatoms. The summed E-state index contributed by atoms with van der Waals surface area (Å²) in [4.78, 5) is 6.94. The van der Waals surface area contributed by atoms with Crippen molar-refractivity contribution in [2.45, 2.75) is 65.5 Å². The minimum atomic E-state index is 0.105. The van der Waals surface area contributed by atoms with E-state index in [4.69, 9.17) is 15.5 Å². The SMILES string of the molecule is CCC(C)c1ccc(N(Cc2ccc(C(C)(C)C)cc2)C(N)=Nc2ccccc2OCc2ccccc2)cc1. The molecule has 0 fully saturated rings. The molecule has 2 N–H and O–H groups in total. The van der Waals surface area contributed by atoms with Crippen LogP contribution in [-0.4, -0.2) is 5.96 Å². The highest BCUT2D eigenvalue weighted by Gasteiger charge is 2.17. The molecule has 39 heavy (non-hydrogen) atoms. The van der Waals surface area contributed by atoms with Crippen LogP contribution in [0.1, 0.15) is 69.2 Å². The van der Waals surface area contributed by atoms with Gasteiger partial charge in [0.05, 0.1) is 6.54 Å². The summed E-state index contributed by atoms with van der Waals surface area (Å²) in [6.45, 7) is 12.2. The number of para-hydroxylation sites is 2. The Morgan fingerprint density at radius 3 is 2.10 bits per heavy atom. The van der Waals surface area contributed by atoms with E-state index in [1.54, 1.807) is 0 Å². The summed E-state index contributed by atoms with van der Waals surface area (Å²) in [7, 11) is 0. The quantitative estimate of drug-likeness (QED) is 0.178. The van der Waals surface area contributed by atoms with Crippen LogP contribution in [0.15, 0.2) is 108 Å². The first-order valence-corrected chi connectivity index (χ1v) is 13.8. The van der Waals surface area contributed by atoms with E-state index in [0.29, 0.717) is 36.5 Å². The van der Waals surface area contributed by atoms with Crippen LogP contribution in [0.4, 0.5) is 11.4 Å². The minimum absolute atomic E-state index is 0.105. The van der Waals surface area contributed by atoms with Crippen LogP contribution < -0.4 is 15.4 Å². The standard InChI is InChI=1S/C35H41N3O/c1-6-26(2)29-18-22-31(23-19-29)38(24-27-16-20-30(21-17-27)35(3,4)5)34(36)37-32-14-10-11-15-33(32)39-25-28-12-8-7-9-13-28/h7-23,26H,6,24-25H2,1-5H3,(H2,36,37). The second-order valence-corrected chi connectivity index (χ2v) is 11.1. The van der Waals surface area contributed by atoms with Crippen LogP contribution in [0, 0.1) is 0 Å². The van der Waals surface area contributed by atoms with Crippen molar-refractivity contribution in [2.75, 3.05) is 4.90 Å². The van der Waals surface area contributed by atoms with E-state index in [9.17, 15) is 0 Å². The Kier molecular flexibility index (Phi) is 9.08. The first-order valence-electron chi connectivity index (χ1n) is 13.8. The van der Waals surface area contributed by atoms with Crippen molar-refractivity contribution < 1.29 is 4.74 Å². The second kappa shape index (κ2) is 12.7. The zero-order valence-electron chi connectivity index (χ0n) is 23.9. The van der Waals surface area contributed by atoms with Gasteiger partial charge in [0.15, 0.2) is 0 Å². The lowest BCUT2D eigenvalue weighted by molar-refractivity contribution is 0.307. The summed E-state index contributed by atoms with van der Waals surface area (Å²) < 4.78 is 6.15. The summed E-state index contributed by atoms with van der Waals surface area (Å²) in [5.74, 6) is 1.63.